The minimum atomic E-state index is -0.360. The summed E-state index contributed by atoms with van der Waals surface area (Å²) in [6.45, 7) is 2.43. The molecule has 0 saturated carbocycles. The number of aryl methyl sites for hydroxylation is 1. The Balaban J connectivity index is 2.35. The first-order valence-corrected chi connectivity index (χ1v) is 6.61. The van der Waals surface area contributed by atoms with Crippen LogP contribution in [0, 0.1) is 17.0 Å². The van der Waals surface area contributed by atoms with Gasteiger partial charge in [0.15, 0.2) is 0 Å². The molecule has 6 nitrogen and oxygen atoms in total. The third kappa shape index (κ3) is 3.28. The summed E-state index contributed by atoms with van der Waals surface area (Å²) in [4.78, 5) is 17.2. The van der Waals surface area contributed by atoms with E-state index in [2.05, 4.69) is 10.3 Å². The Hall–Kier alpha value is -2.63. The summed E-state index contributed by atoms with van der Waals surface area (Å²) < 4.78 is 0. The molecule has 1 aromatic carbocycles. The summed E-state index contributed by atoms with van der Waals surface area (Å²) in [6.07, 6.45) is 0. The smallest absolute Gasteiger partial charge is 0.315 e. The Morgan fingerprint density at radius 3 is 2.62 bits per heavy atom. The number of rotatable bonds is 5. The topological polar surface area (TPSA) is 71.3 Å². The standard InChI is InChI=1S/C15H18N4O2/c1-11-6-4-7-12(17-11)10-18(3)14-9-5-8-13(16-2)15(14)19(20)21/h4-9,16H,10H2,1-3H3. The number of nitro groups is 1. The van der Waals surface area contributed by atoms with E-state index in [1.54, 1.807) is 25.2 Å². The fourth-order valence-corrected chi connectivity index (χ4v) is 2.25. The van der Waals surface area contributed by atoms with Crippen LogP contribution in [0.3, 0.4) is 0 Å². The van der Waals surface area contributed by atoms with Crippen molar-refractivity contribution in [1.29, 1.82) is 0 Å². The lowest BCUT2D eigenvalue weighted by molar-refractivity contribution is -0.383. The van der Waals surface area contributed by atoms with Crippen LogP contribution >= 0.6 is 0 Å². The number of anilines is 2. The van der Waals surface area contributed by atoms with Crippen molar-refractivity contribution in [2.24, 2.45) is 0 Å². The molecular weight excluding hydrogens is 268 g/mol. The lowest BCUT2D eigenvalue weighted by atomic mass is 10.2. The predicted octanol–water partition coefficient (Wildman–Crippen LogP) is 2.98. The number of hydrogen-bond donors (Lipinski definition) is 1. The van der Waals surface area contributed by atoms with E-state index >= 15 is 0 Å². The van der Waals surface area contributed by atoms with Gasteiger partial charge in [0.1, 0.15) is 11.4 Å². The van der Waals surface area contributed by atoms with Crippen LogP contribution < -0.4 is 10.2 Å². The minimum absolute atomic E-state index is 0.0788. The maximum absolute atomic E-state index is 11.3. The molecule has 0 spiro atoms. The van der Waals surface area contributed by atoms with Crippen molar-refractivity contribution in [2.45, 2.75) is 13.5 Å². The minimum Gasteiger partial charge on any atom is -0.382 e. The van der Waals surface area contributed by atoms with Crippen molar-refractivity contribution in [3.05, 3.63) is 57.9 Å². The van der Waals surface area contributed by atoms with Crippen LogP contribution in [-0.4, -0.2) is 24.0 Å². The summed E-state index contributed by atoms with van der Waals surface area (Å²) in [5.41, 5.74) is 2.95. The normalized spacial score (nSPS) is 10.2. The molecule has 0 saturated heterocycles. The van der Waals surface area contributed by atoms with Gasteiger partial charge in [-0.05, 0) is 31.2 Å². The van der Waals surface area contributed by atoms with Crippen molar-refractivity contribution in [2.75, 3.05) is 24.3 Å². The molecule has 1 N–H and O–H groups in total. The maximum Gasteiger partial charge on any atom is 0.315 e. The van der Waals surface area contributed by atoms with Crippen molar-refractivity contribution in [3.8, 4) is 0 Å². The predicted molar refractivity (Wildman–Crippen MR) is 83.7 cm³/mol. The fraction of sp³-hybridized carbons (Fsp3) is 0.267. The molecule has 0 aliphatic heterocycles. The highest BCUT2D eigenvalue weighted by Gasteiger charge is 2.21. The van der Waals surface area contributed by atoms with Gasteiger partial charge >= 0.3 is 5.69 Å². The molecular formula is C15H18N4O2. The maximum atomic E-state index is 11.3. The van der Waals surface area contributed by atoms with E-state index in [4.69, 9.17) is 0 Å². The third-order valence-electron chi connectivity index (χ3n) is 3.22. The third-order valence-corrected chi connectivity index (χ3v) is 3.22. The highest BCUT2D eigenvalue weighted by molar-refractivity contribution is 5.76. The molecule has 0 unspecified atom stereocenters. The van der Waals surface area contributed by atoms with Gasteiger partial charge in [0.2, 0.25) is 0 Å². The molecule has 0 aliphatic rings. The van der Waals surface area contributed by atoms with E-state index in [9.17, 15) is 10.1 Å². The molecule has 21 heavy (non-hydrogen) atoms. The van der Waals surface area contributed by atoms with Crippen LogP contribution in [0.5, 0.6) is 0 Å². The monoisotopic (exact) mass is 286 g/mol. The largest absolute Gasteiger partial charge is 0.382 e. The van der Waals surface area contributed by atoms with Gasteiger partial charge in [-0.15, -0.1) is 0 Å². The zero-order valence-electron chi connectivity index (χ0n) is 12.3. The van der Waals surface area contributed by atoms with Crippen molar-refractivity contribution < 1.29 is 4.92 Å². The first-order valence-electron chi connectivity index (χ1n) is 6.61. The lowest BCUT2D eigenvalue weighted by Gasteiger charge is -2.20. The highest BCUT2D eigenvalue weighted by atomic mass is 16.6. The van der Waals surface area contributed by atoms with Gasteiger partial charge in [-0.25, -0.2) is 0 Å². The average Bonchev–Trinajstić information content (AvgIpc) is 2.46. The second-order valence-corrected chi connectivity index (χ2v) is 4.81. The number of nitro benzene ring substituents is 1. The molecule has 0 aliphatic carbocycles. The number of hydrogen-bond acceptors (Lipinski definition) is 5. The summed E-state index contributed by atoms with van der Waals surface area (Å²) in [6, 6.07) is 11.0. The molecule has 2 rings (SSSR count). The number of nitrogens with one attached hydrogen (secondary N) is 1. The van der Waals surface area contributed by atoms with Gasteiger partial charge in [0.25, 0.3) is 0 Å². The van der Waals surface area contributed by atoms with Gasteiger partial charge in [0, 0.05) is 19.8 Å². The Kier molecular flexibility index (Phi) is 4.37. The first kappa shape index (κ1) is 14.8. The summed E-state index contributed by atoms with van der Waals surface area (Å²) >= 11 is 0. The summed E-state index contributed by atoms with van der Waals surface area (Å²) in [5, 5.41) is 14.2. The van der Waals surface area contributed by atoms with E-state index in [1.807, 2.05) is 37.1 Å². The second-order valence-electron chi connectivity index (χ2n) is 4.81. The number of benzene rings is 1. The van der Waals surface area contributed by atoms with Gasteiger partial charge in [0.05, 0.1) is 17.2 Å². The van der Waals surface area contributed by atoms with E-state index in [0.717, 1.165) is 11.4 Å². The first-order chi connectivity index (χ1) is 10.0. The Bertz CT molecular complexity index is 658. The van der Waals surface area contributed by atoms with E-state index in [1.165, 1.54) is 0 Å². The zero-order chi connectivity index (χ0) is 15.4. The molecule has 2 aromatic rings. The van der Waals surface area contributed by atoms with E-state index in [0.29, 0.717) is 17.9 Å². The molecule has 1 heterocycles. The summed E-state index contributed by atoms with van der Waals surface area (Å²) in [5.74, 6) is 0. The second kappa shape index (κ2) is 6.21. The Morgan fingerprint density at radius 1 is 1.29 bits per heavy atom. The highest BCUT2D eigenvalue weighted by Crippen LogP contribution is 2.35. The van der Waals surface area contributed by atoms with E-state index < -0.39 is 0 Å². The molecule has 6 heteroatoms. The van der Waals surface area contributed by atoms with Gasteiger partial charge in [-0.1, -0.05) is 12.1 Å². The van der Waals surface area contributed by atoms with Crippen LogP contribution in [-0.2, 0) is 6.54 Å². The Labute approximate surface area is 123 Å². The zero-order valence-corrected chi connectivity index (χ0v) is 12.3. The van der Waals surface area contributed by atoms with Crippen LogP contribution in [0.4, 0.5) is 17.1 Å². The molecule has 0 atom stereocenters. The van der Waals surface area contributed by atoms with Crippen LogP contribution in [0.15, 0.2) is 36.4 Å². The number of para-hydroxylation sites is 1. The van der Waals surface area contributed by atoms with Gasteiger partial charge in [-0.3, -0.25) is 15.1 Å². The molecule has 0 radical (unpaired) electrons. The van der Waals surface area contributed by atoms with Crippen molar-refractivity contribution in [3.63, 3.8) is 0 Å². The molecule has 0 fully saturated rings. The molecule has 0 bridgehead atoms. The number of aromatic nitrogens is 1. The van der Waals surface area contributed by atoms with E-state index in [-0.39, 0.29) is 10.6 Å². The number of pyridine rings is 1. The van der Waals surface area contributed by atoms with Crippen LogP contribution in [0.25, 0.3) is 0 Å². The quantitative estimate of drug-likeness (QED) is 0.676. The van der Waals surface area contributed by atoms with Crippen molar-refractivity contribution in [1.82, 2.24) is 4.98 Å². The van der Waals surface area contributed by atoms with Crippen LogP contribution in [0.2, 0.25) is 0 Å². The fourth-order valence-electron chi connectivity index (χ4n) is 2.25. The van der Waals surface area contributed by atoms with Crippen molar-refractivity contribution >= 4 is 17.1 Å². The SMILES string of the molecule is CNc1cccc(N(C)Cc2cccc(C)n2)c1[N+](=O)[O-]. The van der Waals surface area contributed by atoms with Gasteiger partial charge < -0.3 is 10.2 Å². The van der Waals surface area contributed by atoms with Gasteiger partial charge in [-0.2, -0.15) is 0 Å². The molecule has 0 amide bonds. The average molecular weight is 286 g/mol. The summed E-state index contributed by atoms with van der Waals surface area (Å²) in [7, 11) is 3.50. The molecule has 110 valence electrons. The molecule has 1 aromatic heterocycles. The Morgan fingerprint density at radius 2 is 2.00 bits per heavy atom. The number of nitrogens with zero attached hydrogens (tertiary/aromatic N) is 3. The lowest BCUT2D eigenvalue weighted by Crippen LogP contribution is -2.19. The van der Waals surface area contributed by atoms with Crippen LogP contribution in [0.1, 0.15) is 11.4 Å².